The molecule has 3 unspecified atom stereocenters. The molecule has 2 saturated carbocycles. The molecule has 0 saturated heterocycles. The van der Waals surface area contributed by atoms with Crippen LogP contribution in [-0.4, -0.2) is 23.9 Å². The number of allylic oxidation sites excluding steroid dienone is 1. The highest BCUT2D eigenvalue weighted by Crippen LogP contribution is 2.64. The van der Waals surface area contributed by atoms with Gasteiger partial charge in [0.25, 0.3) is 0 Å². The number of nitriles is 1. The lowest BCUT2D eigenvalue weighted by Crippen LogP contribution is -2.36. The lowest BCUT2D eigenvalue weighted by atomic mass is 9.92. The second-order valence-electron chi connectivity index (χ2n) is 8.11. The van der Waals surface area contributed by atoms with Crippen LogP contribution < -0.4 is 0 Å². The summed E-state index contributed by atoms with van der Waals surface area (Å²) in [5.41, 5.74) is 1.25. The Balaban J connectivity index is 1.70. The topological polar surface area (TPSA) is 81.4 Å². The van der Waals surface area contributed by atoms with Crippen molar-refractivity contribution in [1.82, 2.24) is 4.31 Å². The molecule has 7 heteroatoms. The lowest BCUT2D eigenvalue weighted by molar-refractivity contribution is 0.304. The Morgan fingerprint density at radius 1 is 1.20 bits per heavy atom. The third-order valence-corrected chi connectivity index (χ3v) is 8.60. The number of rotatable bonds is 6. The summed E-state index contributed by atoms with van der Waals surface area (Å²) in [7, 11) is -3.75. The maximum Gasteiger partial charge on any atom is 0.243 e. The molecule has 1 spiro atoms. The summed E-state index contributed by atoms with van der Waals surface area (Å²) in [6.45, 7) is 0.235. The summed E-state index contributed by atoms with van der Waals surface area (Å²) in [6, 6.07) is 15.2. The van der Waals surface area contributed by atoms with Gasteiger partial charge in [0.05, 0.1) is 22.8 Å². The van der Waals surface area contributed by atoms with Gasteiger partial charge in [-0.15, -0.1) is 0 Å². The average molecular weight is 443 g/mol. The van der Waals surface area contributed by atoms with Gasteiger partial charge < -0.3 is 5.11 Å². The van der Waals surface area contributed by atoms with Gasteiger partial charge in [0.2, 0.25) is 10.0 Å². The molecule has 2 aromatic carbocycles. The molecule has 2 aliphatic rings. The Morgan fingerprint density at radius 3 is 2.53 bits per heavy atom. The molecule has 0 radical (unpaired) electrons. The predicted molar refractivity (Wildman–Crippen MR) is 115 cm³/mol. The molecule has 0 aliphatic heterocycles. The van der Waals surface area contributed by atoms with Crippen molar-refractivity contribution in [2.75, 3.05) is 0 Å². The van der Waals surface area contributed by atoms with E-state index in [-0.39, 0.29) is 28.8 Å². The fourth-order valence-corrected chi connectivity index (χ4v) is 6.66. The molecule has 156 valence electrons. The molecule has 30 heavy (non-hydrogen) atoms. The first-order chi connectivity index (χ1) is 14.4. The van der Waals surface area contributed by atoms with Gasteiger partial charge in [-0.3, -0.25) is 0 Å². The highest BCUT2D eigenvalue weighted by molar-refractivity contribution is 7.89. The number of aliphatic hydroxyl groups is 1. The monoisotopic (exact) mass is 442 g/mol. The number of halogens is 1. The highest BCUT2D eigenvalue weighted by atomic mass is 35.5. The zero-order chi connectivity index (χ0) is 21.4. The summed E-state index contributed by atoms with van der Waals surface area (Å²) in [5, 5.41) is 18.8. The first-order valence-corrected chi connectivity index (χ1v) is 11.8. The minimum absolute atomic E-state index is 0.120. The fraction of sp³-hybridized carbons (Fsp3) is 0.348. The van der Waals surface area contributed by atoms with Crippen molar-refractivity contribution in [3.63, 3.8) is 0 Å². The van der Waals surface area contributed by atoms with Crippen LogP contribution in [0.2, 0.25) is 5.02 Å². The molecule has 0 aromatic heterocycles. The number of benzene rings is 2. The van der Waals surface area contributed by atoms with Crippen LogP contribution in [0.4, 0.5) is 0 Å². The average Bonchev–Trinajstić information content (AvgIpc) is 3.32. The predicted octanol–water partition coefficient (Wildman–Crippen LogP) is 5.03. The Morgan fingerprint density at radius 2 is 1.90 bits per heavy atom. The van der Waals surface area contributed by atoms with Crippen LogP contribution >= 0.6 is 11.6 Å². The summed E-state index contributed by atoms with van der Waals surface area (Å²) >= 11 is 5.96. The van der Waals surface area contributed by atoms with Crippen molar-refractivity contribution >= 4 is 21.6 Å². The maximum absolute atomic E-state index is 13.6. The van der Waals surface area contributed by atoms with Crippen LogP contribution in [0.3, 0.4) is 0 Å². The minimum Gasteiger partial charge on any atom is -0.516 e. The van der Waals surface area contributed by atoms with Crippen molar-refractivity contribution in [2.24, 2.45) is 11.3 Å². The molecule has 0 heterocycles. The first kappa shape index (κ1) is 20.9. The second-order valence-corrected chi connectivity index (χ2v) is 10.4. The standard InChI is InChI=1S/C23H23ClN2O3S/c24-20-7-9-21(10-8-20)30(28,29)26(16-18-5-3-17(15-25)4-6-18)22-14-23(22)12-1-2-19(23)11-13-27/h3-11,13,19,22,27H,1-2,12,14,16H2/b13-11-. The smallest absolute Gasteiger partial charge is 0.243 e. The fourth-order valence-electron chi connectivity index (χ4n) is 4.84. The van der Waals surface area contributed by atoms with Crippen LogP contribution in [-0.2, 0) is 16.6 Å². The molecule has 2 aliphatic carbocycles. The summed E-state index contributed by atoms with van der Waals surface area (Å²) in [4.78, 5) is 0.217. The van der Waals surface area contributed by atoms with Gasteiger partial charge in [0, 0.05) is 17.6 Å². The van der Waals surface area contributed by atoms with E-state index in [1.807, 2.05) is 6.08 Å². The molecular weight excluding hydrogens is 420 g/mol. The van der Waals surface area contributed by atoms with Gasteiger partial charge in [-0.2, -0.15) is 9.57 Å². The van der Waals surface area contributed by atoms with Crippen LogP contribution in [0.1, 0.15) is 36.8 Å². The van der Waals surface area contributed by atoms with Crippen LogP contribution in [0.15, 0.2) is 65.8 Å². The van der Waals surface area contributed by atoms with Gasteiger partial charge in [0.15, 0.2) is 0 Å². The Bertz CT molecular complexity index is 1090. The quantitative estimate of drug-likeness (QED) is 0.636. The SMILES string of the molecule is N#Cc1ccc(CN(C2CC23CCCC3/C=C\O)S(=O)(=O)c2ccc(Cl)cc2)cc1. The van der Waals surface area contributed by atoms with E-state index in [4.69, 9.17) is 16.9 Å². The number of hydrogen-bond acceptors (Lipinski definition) is 4. The van der Waals surface area contributed by atoms with E-state index in [2.05, 4.69) is 6.07 Å². The highest BCUT2D eigenvalue weighted by Gasteiger charge is 2.64. The van der Waals surface area contributed by atoms with Crippen LogP contribution in [0.25, 0.3) is 0 Å². The van der Waals surface area contributed by atoms with E-state index in [9.17, 15) is 13.5 Å². The third-order valence-electron chi connectivity index (χ3n) is 6.48. The molecule has 1 N–H and O–H groups in total. The normalized spacial score (nSPS) is 25.8. The van der Waals surface area contributed by atoms with E-state index >= 15 is 0 Å². The Kier molecular flexibility index (Phi) is 5.63. The molecular formula is C23H23ClN2O3S. The summed E-state index contributed by atoms with van der Waals surface area (Å²) < 4.78 is 28.8. The third kappa shape index (κ3) is 3.74. The molecule has 4 rings (SSSR count). The molecule has 5 nitrogen and oxygen atoms in total. The number of sulfonamides is 1. The Labute approximate surface area is 182 Å². The zero-order valence-electron chi connectivity index (χ0n) is 16.4. The van der Waals surface area contributed by atoms with Gasteiger partial charge in [-0.1, -0.05) is 30.2 Å². The molecule has 3 atom stereocenters. The summed E-state index contributed by atoms with van der Waals surface area (Å²) in [5.74, 6) is 0.177. The van der Waals surface area contributed by atoms with Crippen LogP contribution in [0.5, 0.6) is 0 Å². The zero-order valence-corrected chi connectivity index (χ0v) is 18.0. The molecule has 2 fully saturated rings. The molecule has 0 amide bonds. The largest absolute Gasteiger partial charge is 0.516 e. The second kappa shape index (κ2) is 8.07. The first-order valence-electron chi connectivity index (χ1n) is 9.98. The van der Waals surface area contributed by atoms with Crippen molar-refractivity contribution in [3.8, 4) is 6.07 Å². The Hall–Kier alpha value is -2.33. The minimum atomic E-state index is -3.75. The van der Waals surface area contributed by atoms with Gasteiger partial charge in [-0.05, 0) is 78.6 Å². The van der Waals surface area contributed by atoms with Gasteiger partial charge >= 0.3 is 0 Å². The van der Waals surface area contributed by atoms with Crippen molar-refractivity contribution in [1.29, 1.82) is 5.26 Å². The van der Waals surface area contributed by atoms with E-state index in [0.29, 0.717) is 10.6 Å². The van der Waals surface area contributed by atoms with Crippen molar-refractivity contribution in [2.45, 2.75) is 43.2 Å². The summed E-state index contributed by atoms with van der Waals surface area (Å²) in [6.07, 6.45) is 6.61. The van der Waals surface area contributed by atoms with Crippen LogP contribution in [0, 0.1) is 22.7 Å². The lowest BCUT2D eigenvalue weighted by Gasteiger charge is -2.27. The van der Waals surface area contributed by atoms with E-state index in [1.54, 1.807) is 40.7 Å². The molecule has 0 bridgehead atoms. The number of hydrogen-bond donors (Lipinski definition) is 1. The van der Waals surface area contributed by atoms with Gasteiger partial charge in [-0.25, -0.2) is 8.42 Å². The van der Waals surface area contributed by atoms with E-state index in [1.165, 1.54) is 12.1 Å². The maximum atomic E-state index is 13.6. The van der Waals surface area contributed by atoms with Crippen molar-refractivity contribution < 1.29 is 13.5 Å². The van der Waals surface area contributed by atoms with E-state index < -0.39 is 10.0 Å². The molecule has 2 aromatic rings. The van der Waals surface area contributed by atoms with E-state index in [0.717, 1.165) is 37.5 Å². The van der Waals surface area contributed by atoms with Crippen molar-refractivity contribution in [3.05, 3.63) is 77.0 Å². The number of aliphatic hydroxyl groups excluding tert-OH is 1. The van der Waals surface area contributed by atoms with Gasteiger partial charge in [0.1, 0.15) is 0 Å². The number of nitrogens with zero attached hydrogens (tertiary/aromatic N) is 2.